The second kappa shape index (κ2) is 6.79. The van der Waals surface area contributed by atoms with E-state index in [1.54, 1.807) is 6.08 Å². The maximum atomic E-state index is 12.4. The largest absolute Gasteiger partial charge is 0.446 e. The molecule has 5 heteroatoms. The molecule has 4 nitrogen and oxygen atoms in total. The van der Waals surface area contributed by atoms with Gasteiger partial charge in [0.2, 0.25) is 0 Å². The van der Waals surface area contributed by atoms with E-state index in [1.807, 2.05) is 54.6 Å². The Bertz CT molecular complexity index is 758. The normalized spacial score (nSPS) is 17.5. The molecular formula is C18H14BrNO3. The number of carbonyl (C=O) groups is 2. The number of ether oxygens (including phenoxy) is 1. The Hall–Kier alpha value is -2.40. The lowest BCUT2D eigenvalue weighted by Gasteiger charge is -2.18. The van der Waals surface area contributed by atoms with Crippen molar-refractivity contribution < 1.29 is 14.3 Å². The molecule has 0 spiro atoms. The monoisotopic (exact) mass is 371 g/mol. The standard InChI is InChI=1S/C18H14BrNO3/c19-15-8-4-5-13(11-15)9-10-17(21)20-16(12-23-18(20)22)14-6-2-1-3-7-14/h1-11,16H,12H2/b10-9+/t16-/m0/s1. The van der Waals surface area contributed by atoms with Crippen molar-refractivity contribution in [3.8, 4) is 0 Å². The highest BCUT2D eigenvalue weighted by atomic mass is 79.9. The molecule has 1 aliphatic rings. The highest BCUT2D eigenvalue weighted by molar-refractivity contribution is 9.10. The van der Waals surface area contributed by atoms with Crippen molar-refractivity contribution in [2.45, 2.75) is 6.04 Å². The molecule has 0 N–H and O–H groups in total. The molecule has 116 valence electrons. The van der Waals surface area contributed by atoms with E-state index in [2.05, 4.69) is 15.9 Å². The van der Waals surface area contributed by atoms with Crippen LogP contribution >= 0.6 is 15.9 Å². The van der Waals surface area contributed by atoms with Gasteiger partial charge in [-0.25, -0.2) is 9.69 Å². The van der Waals surface area contributed by atoms with Gasteiger partial charge in [0, 0.05) is 10.5 Å². The predicted octanol–water partition coefficient (Wildman–Crippen LogP) is 4.18. The first-order valence-corrected chi connectivity index (χ1v) is 7.93. The Balaban J connectivity index is 1.80. The molecule has 1 fully saturated rings. The smallest absolute Gasteiger partial charge is 0.417 e. The van der Waals surface area contributed by atoms with Crippen molar-refractivity contribution in [2.75, 3.05) is 6.61 Å². The zero-order valence-corrected chi connectivity index (χ0v) is 13.8. The van der Waals surface area contributed by atoms with Crippen LogP contribution in [0.15, 0.2) is 65.1 Å². The molecule has 2 amide bonds. The van der Waals surface area contributed by atoms with Crippen molar-refractivity contribution in [2.24, 2.45) is 0 Å². The Morgan fingerprint density at radius 2 is 1.96 bits per heavy atom. The summed E-state index contributed by atoms with van der Waals surface area (Å²) >= 11 is 3.38. The molecule has 0 saturated carbocycles. The Kier molecular flexibility index (Phi) is 4.57. The molecule has 1 saturated heterocycles. The third-order valence-corrected chi connectivity index (χ3v) is 4.06. The summed E-state index contributed by atoms with van der Waals surface area (Å²) in [5, 5.41) is 0. The van der Waals surface area contributed by atoms with Crippen molar-refractivity contribution in [1.29, 1.82) is 0 Å². The van der Waals surface area contributed by atoms with E-state index in [4.69, 9.17) is 4.74 Å². The van der Waals surface area contributed by atoms with Gasteiger partial charge in [-0.05, 0) is 29.3 Å². The number of nitrogens with zero attached hydrogens (tertiary/aromatic N) is 1. The fourth-order valence-electron chi connectivity index (χ4n) is 2.44. The van der Waals surface area contributed by atoms with E-state index in [0.29, 0.717) is 0 Å². The number of amides is 2. The molecule has 2 aromatic rings. The lowest BCUT2D eigenvalue weighted by Crippen LogP contribution is -2.32. The van der Waals surface area contributed by atoms with Gasteiger partial charge in [-0.1, -0.05) is 58.4 Å². The maximum absolute atomic E-state index is 12.4. The van der Waals surface area contributed by atoms with Gasteiger partial charge in [-0.2, -0.15) is 0 Å². The average molecular weight is 372 g/mol. The second-order valence-corrected chi connectivity index (χ2v) is 6.02. The topological polar surface area (TPSA) is 46.6 Å². The molecule has 1 atom stereocenters. The number of imide groups is 1. The summed E-state index contributed by atoms with van der Waals surface area (Å²) in [6.45, 7) is 0.180. The first-order chi connectivity index (χ1) is 11.1. The van der Waals surface area contributed by atoms with Crippen LogP contribution in [0.1, 0.15) is 17.2 Å². The van der Waals surface area contributed by atoms with Crippen LogP contribution in [0.3, 0.4) is 0 Å². The zero-order chi connectivity index (χ0) is 16.2. The van der Waals surface area contributed by atoms with Crippen LogP contribution in [0.25, 0.3) is 6.08 Å². The van der Waals surface area contributed by atoms with Gasteiger partial charge in [0.15, 0.2) is 0 Å². The van der Waals surface area contributed by atoms with Crippen LogP contribution in [0.4, 0.5) is 4.79 Å². The van der Waals surface area contributed by atoms with Crippen LogP contribution in [-0.4, -0.2) is 23.5 Å². The van der Waals surface area contributed by atoms with E-state index in [0.717, 1.165) is 20.5 Å². The number of benzene rings is 2. The lowest BCUT2D eigenvalue weighted by molar-refractivity contribution is -0.124. The van der Waals surface area contributed by atoms with E-state index in [9.17, 15) is 9.59 Å². The third kappa shape index (κ3) is 3.51. The molecule has 1 aliphatic heterocycles. The van der Waals surface area contributed by atoms with Crippen LogP contribution in [0.2, 0.25) is 0 Å². The van der Waals surface area contributed by atoms with Gasteiger partial charge in [0.25, 0.3) is 5.91 Å². The number of hydrogen-bond donors (Lipinski definition) is 0. The average Bonchev–Trinajstić information content (AvgIpc) is 2.95. The molecule has 23 heavy (non-hydrogen) atoms. The fourth-order valence-corrected chi connectivity index (χ4v) is 2.86. The Morgan fingerprint density at radius 3 is 2.70 bits per heavy atom. The summed E-state index contributed by atoms with van der Waals surface area (Å²) in [4.78, 5) is 25.5. The van der Waals surface area contributed by atoms with Crippen molar-refractivity contribution >= 4 is 34.0 Å². The van der Waals surface area contributed by atoms with Gasteiger partial charge in [0.1, 0.15) is 12.6 Å². The molecule has 1 heterocycles. The van der Waals surface area contributed by atoms with Gasteiger partial charge in [-0.15, -0.1) is 0 Å². The Morgan fingerprint density at radius 1 is 1.17 bits per heavy atom. The quantitative estimate of drug-likeness (QED) is 0.760. The highest BCUT2D eigenvalue weighted by Gasteiger charge is 2.37. The molecule has 3 rings (SSSR count). The summed E-state index contributed by atoms with van der Waals surface area (Å²) in [7, 11) is 0. The SMILES string of the molecule is O=C(/C=C/c1cccc(Br)c1)N1C(=O)OC[C@H]1c1ccccc1. The maximum Gasteiger partial charge on any atom is 0.417 e. The minimum absolute atomic E-state index is 0.180. The van der Waals surface area contributed by atoms with E-state index < -0.39 is 6.09 Å². The molecule has 0 unspecified atom stereocenters. The summed E-state index contributed by atoms with van der Waals surface area (Å²) in [6, 6.07) is 16.6. The Labute approximate surface area is 142 Å². The first-order valence-electron chi connectivity index (χ1n) is 7.14. The second-order valence-electron chi connectivity index (χ2n) is 5.10. The fraction of sp³-hybridized carbons (Fsp3) is 0.111. The van der Waals surface area contributed by atoms with E-state index >= 15 is 0 Å². The zero-order valence-electron chi connectivity index (χ0n) is 12.2. The molecule has 0 aliphatic carbocycles. The summed E-state index contributed by atoms with van der Waals surface area (Å²) < 4.78 is 5.98. The van der Waals surface area contributed by atoms with Crippen molar-refractivity contribution in [3.63, 3.8) is 0 Å². The van der Waals surface area contributed by atoms with Crippen molar-refractivity contribution in [1.82, 2.24) is 4.90 Å². The number of halogens is 1. The highest BCUT2D eigenvalue weighted by Crippen LogP contribution is 2.28. The van der Waals surface area contributed by atoms with Crippen LogP contribution in [0.5, 0.6) is 0 Å². The molecular weight excluding hydrogens is 358 g/mol. The molecule has 0 radical (unpaired) electrons. The first kappa shape index (κ1) is 15.5. The number of rotatable bonds is 3. The minimum Gasteiger partial charge on any atom is -0.446 e. The van der Waals surface area contributed by atoms with Gasteiger partial charge in [0.05, 0.1) is 0 Å². The molecule has 0 aromatic heterocycles. The van der Waals surface area contributed by atoms with Crippen LogP contribution in [0, 0.1) is 0 Å². The van der Waals surface area contributed by atoms with Gasteiger partial charge >= 0.3 is 6.09 Å². The summed E-state index contributed by atoms with van der Waals surface area (Å²) in [5.41, 5.74) is 1.75. The molecule has 2 aromatic carbocycles. The molecule has 0 bridgehead atoms. The predicted molar refractivity (Wildman–Crippen MR) is 90.6 cm³/mol. The van der Waals surface area contributed by atoms with Gasteiger partial charge in [-0.3, -0.25) is 4.79 Å². The lowest BCUT2D eigenvalue weighted by atomic mass is 10.1. The summed E-state index contributed by atoms with van der Waals surface area (Å²) in [5.74, 6) is -0.388. The van der Waals surface area contributed by atoms with E-state index in [1.165, 1.54) is 6.08 Å². The van der Waals surface area contributed by atoms with Crippen LogP contribution < -0.4 is 0 Å². The van der Waals surface area contributed by atoms with Gasteiger partial charge < -0.3 is 4.74 Å². The summed E-state index contributed by atoms with van der Waals surface area (Å²) in [6.07, 6.45) is 2.47. The number of hydrogen-bond acceptors (Lipinski definition) is 3. The number of cyclic esters (lactones) is 1. The van der Waals surface area contributed by atoms with Crippen molar-refractivity contribution in [3.05, 3.63) is 76.3 Å². The number of carbonyl (C=O) groups excluding carboxylic acids is 2. The van der Waals surface area contributed by atoms with Crippen LogP contribution in [-0.2, 0) is 9.53 Å². The third-order valence-electron chi connectivity index (χ3n) is 3.56. The van der Waals surface area contributed by atoms with E-state index in [-0.39, 0.29) is 18.6 Å². The minimum atomic E-state index is -0.609.